The van der Waals surface area contributed by atoms with E-state index in [-0.39, 0.29) is 0 Å². The summed E-state index contributed by atoms with van der Waals surface area (Å²) in [6.07, 6.45) is 5.76. The second kappa shape index (κ2) is 5.49. The molecule has 1 heterocycles. The normalized spacial score (nSPS) is 28.9. The summed E-state index contributed by atoms with van der Waals surface area (Å²) in [5, 5.41) is 0.659. The van der Waals surface area contributed by atoms with Crippen molar-refractivity contribution in [1.29, 1.82) is 0 Å². The number of nitrogens with zero attached hydrogens (tertiary/aromatic N) is 2. The average Bonchev–Trinajstić information content (AvgIpc) is 3.01. The van der Waals surface area contributed by atoms with E-state index in [4.69, 9.17) is 23.2 Å². The van der Waals surface area contributed by atoms with Crippen LogP contribution >= 0.6 is 23.2 Å². The van der Waals surface area contributed by atoms with Gasteiger partial charge in [0.05, 0.1) is 16.6 Å². The Hall–Kier alpha value is -0.470. The van der Waals surface area contributed by atoms with Crippen molar-refractivity contribution in [2.45, 2.75) is 31.6 Å². The lowest BCUT2D eigenvalue weighted by Crippen LogP contribution is -2.29. The van der Waals surface area contributed by atoms with Crippen LogP contribution in [0.15, 0.2) is 12.1 Å². The van der Waals surface area contributed by atoms with Gasteiger partial charge in [0.2, 0.25) is 0 Å². The van der Waals surface area contributed by atoms with Gasteiger partial charge in [-0.3, -0.25) is 0 Å². The maximum absolute atomic E-state index is 6.06. The summed E-state index contributed by atoms with van der Waals surface area (Å²) in [6.45, 7) is 1.11. The van der Waals surface area contributed by atoms with E-state index in [0.29, 0.717) is 10.9 Å². The molecule has 2 bridgehead atoms. The zero-order chi connectivity index (χ0) is 13.4. The minimum atomic E-state index is 0.370. The van der Waals surface area contributed by atoms with Gasteiger partial charge >= 0.3 is 0 Å². The van der Waals surface area contributed by atoms with Gasteiger partial charge in [0, 0.05) is 13.6 Å². The first-order valence-corrected chi connectivity index (χ1v) is 8.01. The highest BCUT2D eigenvalue weighted by atomic mass is 35.5. The molecule has 2 aliphatic rings. The number of fused-ring (bicyclic) bond motifs is 2. The minimum absolute atomic E-state index is 0.370. The number of hydrogen-bond donors (Lipinski definition) is 0. The highest BCUT2D eigenvalue weighted by Gasteiger charge is 2.39. The van der Waals surface area contributed by atoms with E-state index in [2.05, 4.69) is 16.9 Å². The topological polar surface area (TPSA) is 16.1 Å². The highest BCUT2D eigenvalue weighted by molar-refractivity contribution is 6.32. The van der Waals surface area contributed by atoms with Gasteiger partial charge in [-0.1, -0.05) is 18.0 Å². The second-order valence-corrected chi connectivity index (χ2v) is 6.72. The van der Waals surface area contributed by atoms with E-state index in [9.17, 15) is 0 Å². The first kappa shape index (κ1) is 13.5. The molecule has 19 heavy (non-hydrogen) atoms. The molecule has 0 spiro atoms. The smallest absolute Gasteiger partial charge is 0.128 e. The number of rotatable bonds is 4. The van der Waals surface area contributed by atoms with Gasteiger partial charge in [0.15, 0.2) is 0 Å². The Labute approximate surface area is 125 Å². The minimum Gasteiger partial charge on any atom is -0.359 e. The molecular weight excluding hydrogens is 279 g/mol. The van der Waals surface area contributed by atoms with Crippen molar-refractivity contribution in [2.24, 2.45) is 17.8 Å². The summed E-state index contributed by atoms with van der Waals surface area (Å²) < 4.78 is 0. The maximum Gasteiger partial charge on any atom is 0.128 e. The van der Waals surface area contributed by atoms with Crippen molar-refractivity contribution < 1.29 is 0 Å². The van der Waals surface area contributed by atoms with Crippen LogP contribution in [0.4, 0.5) is 5.82 Å². The fraction of sp³-hybridized carbons (Fsp3) is 0.667. The Kier molecular flexibility index (Phi) is 3.91. The molecule has 4 heteroatoms. The number of alkyl halides is 1. The van der Waals surface area contributed by atoms with Gasteiger partial charge < -0.3 is 4.90 Å². The number of aromatic nitrogens is 1. The molecule has 0 aliphatic heterocycles. The van der Waals surface area contributed by atoms with Crippen LogP contribution in [0.1, 0.15) is 31.4 Å². The molecule has 0 radical (unpaired) electrons. The Morgan fingerprint density at radius 2 is 2.16 bits per heavy atom. The maximum atomic E-state index is 6.06. The van der Waals surface area contributed by atoms with Crippen LogP contribution in [-0.2, 0) is 5.88 Å². The molecule has 1 aromatic heterocycles. The summed E-state index contributed by atoms with van der Waals surface area (Å²) in [5.74, 6) is 4.16. The lowest BCUT2D eigenvalue weighted by molar-refractivity contribution is 0.337. The average molecular weight is 299 g/mol. The van der Waals surface area contributed by atoms with Crippen molar-refractivity contribution in [3.8, 4) is 0 Å². The van der Waals surface area contributed by atoms with Gasteiger partial charge in [-0.05, 0) is 49.1 Å². The van der Waals surface area contributed by atoms with Crippen molar-refractivity contribution in [3.05, 3.63) is 22.8 Å². The first-order chi connectivity index (χ1) is 9.17. The van der Waals surface area contributed by atoms with Crippen LogP contribution in [0.25, 0.3) is 0 Å². The Bertz CT molecular complexity index is 463. The predicted molar refractivity (Wildman–Crippen MR) is 81.0 cm³/mol. The lowest BCUT2D eigenvalue weighted by atomic mass is 9.88. The molecule has 2 aliphatic carbocycles. The Morgan fingerprint density at radius 3 is 2.79 bits per heavy atom. The molecule has 2 nitrogen and oxygen atoms in total. The molecule has 2 fully saturated rings. The quantitative estimate of drug-likeness (QED) is 0.769. The van der Waals surface area contributed by atoms with Crippen molar-refractivity contribution >= 4 is 29.0 Å². The van der Waals surface area contributed by atoms with Crippen molar-refractivity contribution in [3.63, 3.8) is 0 Å². The SMILES string of the molecule is CN(CC1CC2CCC1C2)c1ccc(Cl)c(CCl)n1. The van der Waals surface area contributed by atoms with E-state index < -0.39 is 0 Å². The molecule has 1 aromatic rings. The molecule has 3 unspecified atom stereocenters. The second-order valence-electron chi connectivity index (χ2n) is 6.05. The third-order valence-electron chi connectivity index (χ3n) is 4.81. The van der Waals surface area contributed by atoms with Gasteiger partial charge in [-0.25, -0.2) is 4.98 Å². The molecule has 0 N–H and O–H groups in total. The fourth-order valence-corrected chi connectivity index (χ4v) is 4.27. The standard InChI is InChI=1S/C15H20Cl2N2/c1-19(9-12-7-10-2-3-11(12)6-10)15-5-4-13(17)14(8-16)18-15/h4-5,10-12H,2-3,6-9H2,1H3. The van der Waals surface area contributed by atoms with Crippen LogP contribution < -0.4 is 4.90 Å². The van der Waals surface area contributed by atoms with Crippen LogP contribution in [0.5, 0.6) is 0 Å². The summed E-state index contributed by atoms with van der Waals surface area (Å²) in [6, 6.07) is 3.89. The summed E-state index contributed by atoms with van der Waals surface area (Å²) >= 11 is 11.9. The fourth-order valence-electron chi connectivity index (χ4n) is 3.82. The monoisotopic (exact) mass is 298 g/mol. The lowest BCUT2D eigenvalue weighted by Gasteiger charge is -2.28. The summed E-state index contributed by atoms with van der Waals surface area (Å²) in [5.41, 5.74) is 0.778. The van der Waals surface area contributed by atoms with Crippen molar-refractivity contribution in [1.82, 2.24) is 4.98 Å². The number of hydrogen-bond acceptors (Lipinski definition) is 2. The van der Waals surface area contributed by atoms with E-state index in [1.807, 2.05) is 12.1 Å². The van der Waals surface area contributed by atoms with Gasteiger partial charge in [0.1, 0.15) is 5.82 Å². The molecular formula is C15H20Cl2N2. The molecule has 3 atom stereocenters. The highest BCUT2D eigenvalue weighted by Crippen LogP contribution is 2.48. The Morgan fingerprint density at radius 1 is 1.32 bits per heavy atom. The molecule has 104 valence electrons. The third-order valence-corrected chi connectivity index (χ3v) is 5.41. The molecule has 0 saturated heterocycles. The van der Waals surface area contributed by atoms with E-state index in [1.165, 1.54) is 25.7 Å². The van der Waals surface area contributed by atoms with Gasteiger partial charge in [0.25, 0.3) is 0 Å². The molecule has 2 saturated carbocycles. The molecule has 0 aromatic carbocycles. The van der Waals surface area contributed by atoms with Crippen LogP contribution in [0, 0.1) is 17.8 Å². The zero-order valence-electron chi connectivity index (χ0n) is 11.3. The van der Waals surface area contributed by atoms with Crippen LogP contribution in [0.3, 0.4) is 0 Å². The zero-order valence-corrected chi connectivity index (χ0v) is 12.8. The van der Waals surface area contributed by atoms with Gasteiger partial charge in [-0.15, -0.1) is 11.6 Å². The van der Waals surface area contributed by atoms with Gasteiger partial charge in [-0.2, -0.15) is 0 Å². The summed E-state index contributed by atoms with van der Waals surface area (Å²) in [7, 11) is 2.13. The largest absolute Gasteiger partial charge is 0.359 e. The molecule has 3 rings (SSSR count). The summed E-state index contributed by atoms with van der Waals surface area (Å²) in [4.78, 5) is 6.82. The predicted octanol–water partition coefficient (Wildman–Crippen LogP) is 4.35. The Balaban J connectivity index is 1.68. The van der Waals surface area contributed by atoms with E-state index in [0.717, 1.165) is 35.8 Å². The number of anilines is 1. The molecule has 0 amide bonds. The van der Waals surface area contributed by atoms with Crippen LogP contribution in [-0.4, -0.2) is 18.6 Å². The third kappa shape index (κ3) is 2.71. The number of halogens is 2. The first-order valence-electron chi connectivity index (χ1n) is 7.10. The van der Waals surface area contributed by atoms with Crippen LogP contribution in [0.2, 0.25) is 5.02 Å². The van der Waals surface area contributed by atoms with Crippen molar-refractivity contribution in [2.75, 3.05) is 18.5 Å². The van der Waals surface area contributed by atoms with E-state index in [1.54, 1.807) is 0 Å². The number of pyridine rings is 1. The van der Waals surface area contributed by atoms with E-state index >= 15 is 0 Å².